The lowest BCUT2D eigenvalue weighted by molar-refractivity contribution is -0.149. The van der Waals surface area contributed by atoms with E-state index < -0.39 is 16.9 Å². The quantitative estimate of drug-likeness (QED) is 0.765. The first-order valence-corrected chi connectivity index (χ1v) is 8.92. The molecule has 0 saturated heterocycles. The highest BCUT2D eigenvalue weighted by atomic mass is 35.5. The van der Waals surface area contributed by atoms with Crippen molar-refractivity contribution in [2.75, 3.05) is 0 Å². The van der Waals surface area contributed by atoms with Crippen LogP contribution in [0.5, 0.6) is 0 Å². The standard InChI is InChI=1S/C19H23Cl2NO3/c1-7-10-8-11(20)9-12(21)13(10)14-15(19(5,6)22-16(14)23)25-17(24)18(2,3)4/h8-9H,7H2,1-6H3,(H,22,23). The van der Waals surface area contributed by atoms with Crippen molar-refractivity contribution in [1.29, 1.82) is 0 Å². The molecular weight excluding hydrogens is 361 g/mol. The Labute approximate surface area is 158 Å². The molecule has 4 nitrogen and oxygen atoms in total. The average Bonchev–Trinajstić information content (AvgIpc) is 2.66. The lowest BCUT2D eigenvalue weighted by atomic mass is 9.93. The van der Waals surface area contributed by atoms with E-state index in [0.717, 1.165) is 5.56 Å². The second-order valence-electron chi connectivity index (χ2n) is 7.70. The number of carbonyl (C=O) groups excluding carboxylic acids is 2. The van der Waals surface area contributed by atoms with Gasteiger partial charge in [-0.1, -0.05) is 30.1 Å². The summed E-state index contributed by atoms with van der Waals surface area (Å²) in [7, 11) is 0. The van der Waals surface area contributed by atoms with Crippen molar-refractivity contribution in [2.45, 2.75) is 53.5 Å². The summed E-state index contributed by atoms with van der Waals surface area (Å²) >= 11 is 12.5. The van der Waals surface area contributed by atoms with Crippen molar-refractivity contribution < 1.29 is 14.3 Å². The fraction of sp³-hybridized carbons (Fsp3) is 0.474. The highest BCUT2D eigenvalue weighted by molar-refractivity contribution is 6.38. The molecule has 1 N–H and O–H groups in total. The van der Waals surface area contributed by atoms with E-state index in [2.05, 4.69) is 5.32 Å². The van der Waals surface area contributed by atoms with Crippen LogP contribution in [-0.2, 0) is 20.7 Å². The minimum Gasteiger partial charge on any atom is -0.427 e. The highest BCUT2D eigenvalue weighted by Gasteiger charge is 2.43. The topological polar surface area (TPSA) is 55.4 Å². The van der Waals surface area contributed by atoms with E-state index in [1.165, 1.54) is 0 Å². The Kier molecular flexibility index (Phi) is 5.27. The number of aryl methyl sites for hydroxylation is 1. The number of carbonyl (C=O) groups is 2. The maximum atomic E-state index is 12.7. The van der Waals surface area contributed by atoms with E-state index >= 15 is 0 Å². The van der Waals surface area contributed by atoms with Crippen LogP contribution in [0.4, 0.5) is 0 Å². The summed E-state index contributed by atoms with van der Waals surface area (Å²) in [5.74, 6) is -0.440. The van der Waals surface area contributed by atoms with Gasteiger partial charge in [0.2, 0.25) is 0 Å². The number of amides is 1. The lowest BCUT2D eigenvalue weighted by Gasteiger charge is -2.25. The fourth-order valence-corrected chi connectivity index (χ4v) is 3.29. The van der Waals surface area contributed by atoms with E-state index in [1.54, 1.807) is 46.8 Å². The van der Waals surface area contributed by atoms with Gasteiger partial charge >= 0.3 is 5.97 Å². The molecule has 2 rings (SSSR count). The van der Waals surface area contributed by atoms with Gasteiger partial charge < -0.3 is 10.1 Å². The number of halogens is 2. The summed E-state index contributed by atoms with van der Waals surface area (Å²) in [5, 5.41) is 3.72. The number of hydrogen-bond donors (Lipinski definition) is 1. The van der Waals surface area contributed by atoms with Crippen LogP contribution in [0.2, 0.25) is 10.0 Å². The average molecular weight is 384 g/mol. The van der Waals surface area contributed by atoms with Crippen molar-refractivity contribution in [3.63, 3.8) is 0 Å². The van der Waals surface area contributed by atoms with Crippen molar-refractivity contribution in [1.82, 2.24) is 5.32 Å². The molecule has 136 valence electrons. The number of ether oxygens (including phenoxy) is 1. The van der Waals surface area contributed by atoms with Crippen LogP contribution < -0.4 is 5.32 Å². The summed E-state index contributed by atoms with van der Waals surface area (Å²) < 4.78 is 5.68. The normalized spacial score (nSPS) is 16.9. The van der Waals surface area contributed by atoms with Gasteiger partial charge in [0.05, 0.1) is 21.5 Å². The first-order valence-electron chi connectivity index (χ1n) is 8.16. The third kappa shape index (κ3) is 3.85. The highest BCUT2D eigenvalue weighted by Crippen LogP contribution is 2.40. The molecule has 6 heteroatoms. The molecule has 0 radical (unpaired) electrons. The summed E-state index contributed by atoms with van der Waals surface area (Å²) in [6, 6.07) is 3.37. The van der Waals surface area contributed by atoms with Gasteiger partial charge in [-0.2, -0.15) is 0 Å². The van der Waals surface area contributed by atoms with E-state index in [-0.39, 0.29) is 11.7 Å². The number of esters is 1. The molecule has 0 spiro atoms. The molecule has 0 atom stereocenters. The van der Waals surface area contributed by atoms with Crippen molar-refractivity contribution in [3.05, 3.63) is 39.1 Å². The Morgan fingerprint density at radius 2 is 1.84 bits per heavy atom. The van der Waals surface area contributed by atoms with Crippen LogP contribution >= 0.6 is 23.2 Å². The molecule has 0 bridgehead atoms. The first-order chi connectivity index (χ1) is 11.4. The van der Waals surface area contributed by atoms with Gasteiger partial charge in [-0.3, -0.25) is 9.59 Å². The van der Waals surface area contributed by atoms with Crippen LogP contribution in [0.1, 0.15) is 52.7 Å². The van der Waals surface area contributed by atoms with Crippen LogP contribution in [0, 0.1) is 5.41 Å². The maximum Gasteiger partial charge on any atom is 0.316 e. The second-order valence-corrected chi connectivity index (χ2v) is 8.54. The summed E-state index contributed by atoms with van der Waals surface area (Å²) in [6.07, 6.45) is 0.632. The van der Waals surface area contributed by atoms with Crippen LogP contribution in [-0.4, -0.2) is 17.4 Å². The Balaban J connectivity index is 2.72. The van der Waals surface area contributed by atoms with E-state index in [9.17, 15) is 9.59 Å². The van der Waals surface area contributed by atoms with Crippen LogP contribution in [0.15, 0.2) is 17.9 Å². The molecule has 1 aliphatic rings. The number of benzene rings is 1. The molecule has 1 amide bonds. The van der Waals surface area contributed by atoms with E-state index in [4.69, 9.17) is 27.9 Å². The number of nitrogens with one attached hydrogen (secondary N) is 1. The first kappa shape index (κ1) is 19.8. The van der Waals surface area contributed by atoms with E-state index in [0.29, 0.717) is 27.6 Å². The Hall–Kier alpha value is -1.52. The third-order valence-electron chi connectivity index (χ3n) is 4.02. The zero-order valence-electron chi connectivity index (χ0n) is 15.3. The molecule has 0 unspecified atom stereocenters. The summed E-state index contributed by atoms with van der Waals surface area (Å²) in [5.41, 5.74) is 0.164. The molecule has 0 aromatic heterocycles. The number of hydrogen-bond acceptors (Lipinski definition) is 3. The monoisotopic (exact) mass is 383 g/mol. The molecule has 0 fully saturated rings. The summed E-state index contributed by atoms with van der Waals surface area (Å²) in [4.78, 5) is 25.1. The second kappa shape index (κ2) is 6.65. The van der Waals surface area contributed by atoms with Crippen LogP contribution in [0.25, 0.3) is 5.57 Å². The molecule has 1 aliphatic heterocycles. The SMILES string of the molecule is CCc1cc(Cl)cc(Cl)c1C1=C(OC(=O)C(C)(C)C)C(C)(C)NC1=O. The Morgan fingerprint density at radius 3 is 2.36 bits per heavy atom. The van der Waals surface area contributed by atoms with Gasteiger partial charge in [0.15, 0.2) is 0 Å². The van der Waals surface area contributed by atoms with Gasteiger partial charge in [0.1, 0.15) is 5.76 Å². The molecule has 0 saturated carbocycles. The zero-order chi connectivity index (χ0) is 19.2. The van der Waals surface area contributed by atoms with Gasteiger partial charge in [0.25, 0.3) is 5.91 Å². The smallest absolute Gasteiger partial charge is 0.316 e. The zero-order valence-corrected chi connectivity index (χ0v) is 16.9. The predicted octanol–water partition coefficient (Wildman–Crippen LogP) is 4.76. The third-order valence-corrected chi connectivity index (χ3v) is 4.54. The minimum absolute atomic E-state index is 0.288. The van der Waals surface area contributed by atoms with Gasteiger partial charge in [-0.05, 0) is 58.7 Å². The van der Waals surface area contributed by atoms with E-state index in [1.807, 2.05) is 6.92 Å². The Morgan fingerprint density at radius 1 is 1.24 bits per heavy atom. The van der Waals surface area contributed by atoms with Gasteiger partial charge in [-0.15, -0.1) is 0 Å². The fourth-order valence-electron chi connectivity index (χ4n) is 2.66. The largest absolute Gasteiger partial charge is 0.427 e. The molecular formula is C19H23Cl2NO3. The van der Waals surface area contributed by atoms with Crippen LogP contribution in [0.3, 0.4) is 0 Å². The maximum absolute atomic E-state index is 12.7. The van der Waals surface area contributed by atoms with Crippen molar-refractivity contribution >= 4 is 40.7 Å². The van der Waals surface area contributed by atoms with Gasteiger partial charge in [0, 0.05) is 10.6 Å². The summed E-state index contributed by atoms with van der Waals surface area (Å²) in [6.45, 7) is 10.8. The molecule has 1 aromatic carbocycles. The Bertz CT molecular complexity index is 774. The van der Waals surface area contributed by atoms with Gasteiger partial charge in [-0.25, -0.2) is 0 Å². The molecule has 1 aromatic rings. The lowest BCUT2D eigenvalue weighted by Crippen LogP contribution is -2.40. The molecule has 25 heavy (non-hydrogen) atoms. The number of rotatable bonds is 3. The molecule has 1 heterocycles. The van der Waals surface area contributed by atoms with Crippen molar-refractivity contribution in [3.8, 4) is 0 Å². The predicted molar refractivity (Wildman–Crippen MR) is 101 cm³/mol. The molecule has 0 aliphatic carbocycles. The minimum atomic E-state index is -0.818. The van der Waals surface area contributed by atoms with Crippen molar-refractivity contribution in [2.24, 2.45) is 5.41 Å².